The van der Waals surface area contributed by atoms with Crippen molar-refractivity contribution in [3.8, 4) is 0 Å². The first-order valence-corrected chi connectivity index (χ1v) is 10.1. The molecular formula is C12H10O6S2Se. The second-order valence-electron chi connectivity index (χ2n) is 4.00. The Hall–Kier alpha value is -1.22. The van der Waals surface area contributed by atoms with Crippen LogP contribution in [0.25, 0.3) is 0 Å². The fourth-order valence-electron chi connectivity index (χ4n) is 1.50. The van der Waals surface area contributed by atoms with Crippen LogP contribution in [0.2, 0.25) is 0 Å². The number of benzene rings is 2. The van der Waals surface area contributed by atoms with Gasteiger partial charge in [-0.1, -0.05) is 0 Å². The van der Waals surface area contributed by atoms with Crippen LogP contribution in [-0.4, -0.2) is 40.9 Å². The van der Waals surface area contributed by atoms with Crippen LogP contribution < -0.4 is 8.92 Å². The standard InChI is InChI=1S/C12H10O6S2Se/c13-19(14,15)9-1-5-11(6-2-9)21-12-7-3-10(4-8-12)20(16,17)18/h1-8H,(H,13,14,15)(H,16,17,18). The van der Waals surface area contributed by atoms with Gasteiger partial charge in [0.1, 0.15) is 0 Å². The molecule has 6 nitrogen and oxygen atoms in total. The van der Waals surface area contributed by atoms with Gasteiger partial charge < -0.3 is 0 Å². The molecule has 2 N–H and O–H groups in total. The van der Waals surface area contributed by atoms with Gasteiger partial charge in [-0.15, -0.1) is 0 Å². The normalized spacial score (nSPS) is 12.3. The topological polar surface area (TPSA) is 109 Å². The molecule has 2 aromatic rings. The van der Waals surface area contributed by atoms with Crippen molar-refractivity contribution in [1.82, 2.24) is 0 Å². The Morgan fingerprint density at radius 3 is 1.14 bits per heavy atom. The summed E-state index contributed by atoms with van der Waals surface area (Å²) in [5.41, 5.74) is 0. The Labute approximate surface area is 128 Å². The van der Waals surface area contributed by atoms with E-state index < -0.39 is 20.2 Å². The van der Waals surface area contributed by atoms with Crippen molar-refractivity contribution in [3.63, 3.8) is 0 Å². The van der Waals surface area contributed by atoms with E-state index in [0.717, 1.165) is 8.92 Å². The van der Waals surface area contributed by atoms with Crippen molar-refractivity contribution < 1.29 is 25.9 Å². The SMILES string of the molecule is O=S(=O)(O)c1ccc([Se]c2ccc(S(=O)(=O)O)cc2)cc1. The molecular weight excluding hydrogens is 383 g/mol. The van der Waals surface area contributed by atoms with Crippen molar-refractivity contribution in [3.05, 3.63) is 48.5 Å². The second-order valence-corrected chi connectivity index (χ2v) is 9.24. The van der Waals surface area contributed by atoms with Gasteiger partial charge in [0.15, 0.2) is 0 Å². The van der Waals surface area contributed by atoms with Crippen molar-refractivity contribution in [2.75, 3.05) is 0 Å². The first-order valence-electron chi connectivity index (χ1n) is 5.49. The first kappa shape index (κ1) is 16.2. The van der Waals surface area contributed by atoms with Crippen LogP contribution in [0.4, 0.5) is 0 Å². The molecule has 0 aliphatic heterocycles. The zero-order valence-corrected chi connectivity index (χ0v) is 13.7. The fraction of sp³-hybridized carbons (Fsp3) is 0. The van der Waals surface area contributed by atoms with Crippen molar-refractivity contribution >= 4 is 44.1 Å². The minimum absolute atomic E-state index is 0.157. The van der Waals surface area contributed by atoms with E-state index in [1.165, 1.54) is 24.3 Å². The molecule has 0 aliphatic rings. The maximum atomic E-state index is 10.9. The summed E-state index contributed by atoms with van der Waals surface area (Å²) in [6.07, 6.45) is 0. The zero-order valence-electron chi connectivity index (χ0n) is 10.4. The molecule has 0 amide bonds. The Morgan fingerprint density at radius 1 is 0.619 bits per heavy atom. The van der Waals surface area contributed by atoms with Gasteiger partial charge in [-0.3, -0.25) is 0 Å². The molecule has 112 valence electrons. The summed E-state index contributed by atoms with van der Waals surface area (Å²) in [5.74, 6) is 0. The average Bonchev–Trinajstić information content (AvgIpc) is 2.38. The van der Waals surface area contributed by atoms with Crippen molar-refractivity contribution in [2.45, 2.75) is 9.79 Å². The first-order chi connectivity index (χ1) is 9.66. The predicted octanol–water partition coefficient (Wildman–Crippen LogP) is -0.165. The minimum atomic E-state index is -4.20. The summed E-state index contributed by atoms with van der Waals surface area (Å²) in [4.78, 5) is -0.354. The van der Waals surface area contributed by atoms with E-state index in [9.17, 15) is 16.8 Å². The van der Waals surface area contributed by atoms with E-state index in [-0.39, 0.29) is 24.7 Å². The van der Waals surface area contributed by atoms with Crippen molar-refractivity contribution in [1.29, 1.82) is 0 Å². The molecule has 0 unspecified atom stereocenters. The Bertz CT molecular complexity index is 766. The summed E-state index contributed by atoms with van der Waals surface area (Å²) in [7, 11) is -8.40. The van der Waals surface area contributed by atoms with Crippen LogP contribution in [0.3, 0.4) is 0 Å². The van der Waals surface area contributed by atoms with E-state index in [0.29, 0.717) is 0 Å². The van der Waals surface area contributed by atoms with Crippen LogP contribution in [0.5, 0.6) is 0 Å². The Kier molecular flexibility index (Phi) is 4.52. The van der Waals surface area contributed by atoms with Gasteiger partial charge in [0.25, 0.3) is 0 Å². The predicted molar refractivity (Wildman–Crippen MR) is 77.5 cm³/mol. The third kappa shape index (κ3) is 4.37. The molecule has 0 aliphatic carbocycles. The molecule has 2 aromatic carbocycles. The van der Waals surface area contributed by atoms with E-state index in [2.05, 4.69) is 0 Å². The Balaban J connectivity index is 2.19. The average molecular weight is 393 g/mol. The van der Waals surface area contributed by atoms with E-state index in [4.69, 9.17) is 9.11 Å². The molecule has 0 heterocycles. The molecule has 0 aromatic heterocycles. The summed E-state index contributed by atoms with van der Waals surface area (Å²) in [5, 5.41) is 0. The molecule has 9 heteroatoms. The van der Waals surface area contributed by atoms with Crippen LogP contribution in [0.15, 0.2) is 58.3 Å². The summed E-state index contributed by atoms with van der Waals surface area (Å²) in [6, 6.07) is 11.6. The fourth-order valence-corrected chi connectivity index (χ4v) is 4.17. The molecule has 0 saturated carbocycles. The van der Waals surface area contributed by atoms with E-state index >= 15 is 0 Å². The van der Waals surface area contributed by atoms with E-state index in [1.54, 1.807) is 24.3 Å². The van der Waals surface area contributed by atoms with Crippen LogP contribution in [0, 0.1) is 0 Å². The second kappa shape index (κ2) is 5.88. The van der Waals surface area contributed by atoms with Crippen LogP contribution >= 0.6 is 0 Å². The van der Waals surface area contributed by atoms with Gasteiger partial charge in [0.2, 0.25) is 0 Å². The third-order valence-electron chi connectivity index (χ3n) is 2.48. The number of hydrogen-bond donors (Lipinski definition) is 2. The third-order valence-corrected chi connectivity index (χ3v) is 6.35. The van der Waals surface area contributed by atoms with Gasteiger partial charge in [0, 0.05) is 0 Å². The van der Waals surface area contributed by atoms with Gasteiger partial charge in [-0.25, -0.2) is 0 Å². The molecule has 0 fully saturated rings. The van der Waals surface area contributed by atoms with Crippen molar-refractivity contribution in [2.24, 2.45) is 0 Å². The quantitative estimate of drug-likeness (QED) is 0.552. The van der Waals surface area contributed by atoms with Gasteiger partial charge in [-0.05, 0) is 0 Å². The summed E-state index contributed by atoms with van der Waals surface area (Å²) < 4.78 is 63.1. The summed E-state index contributed by atoms with van der Waals surface area (Å²) in [6.45, 7) is 0. The zero-order chi connectivity index (χ0) is 15.7. The Morgan fingerprint density at radius 2 is 0.905 bits per heavy atom. The molecule has 0 bridgehead atoms. The molecule has 21 heavy (non-hydrogen) atoms. The van der Waals surface area contributed by atoms with E-state index in [1.807, 2.05) is 0 Å². The molecule has 0 spiro atoms. The maximum absolute atomic E-state index is 10.9. The number of rotatable bonds is 4. The van der Waals surface area contributed by atoms with Crippen LogP contribution in [-0.2, 0) is 20.2 Å². The molecule has 0 radical (unpaired) electrons. The van der Waals surface area contributed by atoms with Gasteiger partial charge in [0.05, 0.1) is 0 Å². The van der Waals surface area contributed by atoms with Crippen LogP contribution in [0.1, 0.15) is 0 Å². The monoisotopic (exact) mass is 394 g/mol. The molecule has 0 atom stereocenters. The summed E-state index contributed by atoms with van der Waals surface area (Å²) >= 11 is -0.157. The van der Waals surface area contributed by atoms with Gasteiger partial charge >= 0.3 is 128 Å². The molecule has 0 saturated heterocycles. The molecule has 2 rings (SSSR count). The number of hydrogen-bond acceptors (Lipinski definition) is 4. The van der Waals surface area contributed by atoms with Gasteiger partial charge in [-0.2, -0.15) is 0 Å².